The number of rotatable bonds is 7. The molecule has 2 aliphatic heterocycles. The van der Waals surface area contributed by atoms with Crippen LogP contribution in [-0.4, -0.2) is 191 Å². The van der Waals surface area contributed by atoms with E-state index in [-0.39, 0.29) is 93.5 Å². The summed E-state index contributed by atoms with van der Waals surface area (Å²) in [6.45, 7) is 14.8. The second-order valence-corrected chi connectivity index (χ2v) is 20.6. The predicted molar refractivity (Wildman–Crippen MR) is 214 cm³/mol. The third-order valence-electron chi connectivity index (χ3n) is 17.2. The molecule has 16 nitrogen and oxygen atoms in total. The Morgan fingerprint density at radius 3 is 1.83 bits per heavy atom. The van der Waals surface area contributed by atoms with Crippen LogP contribution in [-0.2, 0) is 38.1 Å². The molecule has 0 aromatic rings. The van der Waals surface area contributed by atoms with Crippen molar-refractivity contribution in [2.24, 2.45) is 50.2 Å². The van der Waals surface area contributed by atoms with Crippen molar-refractivity contribution in [1.29, 1.82) is 0 Å². The SMILES string of the molecule is CC1(C)[C@@H](O[C@H]2O[C@H](C(=O)O)[C@@H](O)[C@H](O)[C@H]2O[C@@H]2O[C@H](C(=O)O)[C@@H](O)[C@H](O)[C@H]2O)CC[C@]2(C)[C@H]3C(=O)C=C4[C@@H]5C[C@@](C)(C(=O)O)CC[C@]5(C)CC[C@@]4(C)[C@]3(C)CC[C@@H]12.[NaH].[NaH]. The molecule has 0 amide bonds. The van der Waals surface area contributed by atoms with E-state index in [4.69, 9.17) is 18.9 Å². The van der Waals surface area contributed by atoms with Crippen LogP contribution in [0.1, 0.15) is 106 Å². The van der Waals surface area contributed by atoms with Gasteiger partial charge < -0.3 is 59.8 Å². The Morgan fingerprint density at radius 2 is 1.25 bits per heavy atom. The van der Waals surface area contributed by atoms with Crippen molar-refractivity contribution in [3.05, 3.63) is 11.6 Å². The van der Waals surface area contributed by atoms with Gasteiger partial charge in [-0.3, -0.25) is 9.59 Å². The molecule has 0 aromatic carbocycles. The zero-order valence-corrected chi connectivity index (χ0v) is 34.4. The van der Waals surface area contributed by atoms with Crippen LogP contribution in [0.15, 0.2) is 11.6 Å². The van der Waals surface area contributed by atoms with Crippen molar-refractivity contribution in [3.63, 3.8) is 0 Å². The van der Waals surface area contributed by atoms with E-state index in [0.29, 0.717) is 25.7 Å². The molecular formula is C42H64Na2O16. The Labute approximate surface area is 394 Å². The zero-order chi connectivity index (χ0) is 42.9. The van der Waals surface area contributed by atoms with Gasteiger partial charge in [0.15, 0.2) is 30.6 Å². The fourth-order valence-electron chi connectivity index (χ4n) is 13.4. The zero-order valence-electron chi connectivity index (χ0n) is 34.4. The number of hydrogen-bond acceptors (Lipinski definition) is 13. The van der Waals surface area contributed by atoms with Gasteiger partial charge in [0.1, 0.15) is 36.6 Å². The molecule has 7 rings (SSSR count). The molecule has 2 heterocycles. The predicted octanol–water partition coefficient (Wildman–Crippen LogP) is 0.949. The van der Waals surface area contributed by atoms with E-state index < -0.39 is 107 Å². The van der Waals surface area contributed by atoms with Crippen LogP contribution >= 0.6 is 0 Å². The van der Waals surface area contributed by atoms with Gasteiger partial charge in [-0.2, -0.15) is 0 Å². The fraction of sp³-hybridized carbons (Fsp3) is 0.857. The number of aliphatic carboxylic acids is 3. The number of carboxylic acids is 3. The molecule has 7 aliphatic rings. The summed E-state index contributed by atoms with van der Waals surface area (Å²) in [5, 5.41) is 83.0. The van der Waals surface area contributed by atoms with E-state index >= 15 is 0 Å². The normalized spacial score (nSPS) is 50.8. The molecule has 2 saturated heterocycles. The summed E-state index contributed by atoms with van der Waals surface area (Å²) in [4.78, 5) is 51.3. The Kier molecular flexibility index (Phi) is 14.3. The van der Waals surface area contributed by atoms with Crippen LogP contribution in [0.4, 0.5) is 0 Å². The molecule has 0 spiro atoms. The molecule has 6 fully saturated rings. The number of fused-ring (bicyclic) bond motifs is 7. The van der Waals surface area contributed by atoms with E-state index in [2.05, 4.69) is 27.7 Å². The van der Waals surface area contributed by atoms with Crippen molar-refractivity contribution in [3.8, 4) is 0 Å². The van der Waals surface area contributed by atoms with E-state index in [9.17, 15) is 60.0 Å². The molecule has 19 atom stereocenters. The number of allylic oxidation sites excluding steroid dienone is 2. The summed E-state index contributed by atoms with van der Waals surface area (Å²) < 4.78 is 23.4. The maximum atomic E-state index is 14.8. The molecule has 18 heteroatoms. The van der Waals surface area contributed by atoms with Crippen LogP contribution in [0.25, 0.3) is 0 Å². The molecule has 4 saturated carbocycles. The first kappa shape index (κ1) is 50.5. The summed E-state index contributed by atoms with van der Waals surface area (Å²) in [6.07, 6.45) is -12.2. The summed E-state index contributed by atoms with van der Waals surface area (Å²) >= 11 is 0. The number of carbonyl (C=O) groups is 4. The Bertz CT molecular complexity index is 1740. The van der Waals surface area contributed by atoms with Crippen molar-refractivity contribution >= 4 is 82.8 Å². The number of ketones is 1. The summed E-state index contributed by atoms with van der Waals surface area (Å²) in [6, 6.07) is 0. The summed E-state index contributed by atoms with van der Waals surface area (Å²) in [7, 11) is 0. The topological polar surface area (TPSA) is 267 Å². The Morgan fingerprint density at radius 1 is 0.683 bits per heavy atom. The number of carbonyl (C=O) groups excluding carboxylic acids is 1. The van der Waals surface area contributed by atoms with Crippen LogP contribution in [0.2, 0.25) is 0 Å². The van der Waals surface area contributed by atoms with Crippen LogP contribution < -0.4 is 0 Å². The first-order chi connectivity index (χ1) is 26.8. The van der Waals surface area contributed by atoms with Crippen LogP contribution in [0.5, 0.6) is 0 Å². The minimum atomic E-state index is -2.05. The molecule has 330 valence electrons. The Hall–Kier alpha value is -0.540. The van der Waals surface area contributed by atoms with Crippen LogP contribution in [0, 0.1) is 50.2 Å². The second-order valence-electron chi connectivity index (χ2n) is 20.6. The second kappa shape index (κ2) is 17.0. The average Bonchev–Trinajstić information content (AvgIpc) is 3.13. The molecular weight excluding hydrogens is 806 g/mol. The van der Waals surface area contributed by atoms with Gasteiger partial charge in [0.25, 0.3) is 0 Å². The third kappa shape index (κ3) is 7.58. The first-order valence-electron chi connectivity index (χ1n) is 20.7. The first-order valence-corrected chi connectivity index (χ1v) is 20.7. The number of carboxylic acid groups (broad SMARTS) is 3. The van der Waals surface area contributed by atoms with Gasteiger partial charge in [-0.15, -0.1) is 0 Å². The quantitative estimate of drug-likeness (QED) is 0.131. The summed E-state index contributed by atoms with van der Waals surface area (Å²) in [5.41, 5.74) is -1.81. The number of ether oxygens (including phenoxy) is 4. The van der Waals surface area contributed by atoms with Gasteiger partial charge in [0.05, 0.1) is 11.5 Å². The van der Waals surface area contributed by atoms with Crippen molar-refractivity contribution in [2.75, 3.05) is 0 Å². The van der Waals surface area contributed by atoms with E-state index in [1.165, 1.54) is 0 Å². The monoisotopic (exact) mass is 870 g/mol. The van der Waals surface area contributed by atoms with Crippen molar-refractivity contribution in [1.82, 2.24) is 0 Å². The Balaban J connectivity index is 0.00000341. The van der Waals surface area contributed by atoms with E-state index in [0.717, 1.165) is 37.7 Å². The molecule has 5 aliphatic carbocycles. The molecule has 0 bridgehead atoms. The van der Waals surface area contributed by atoms with E-state index in [1.807, 2.05) is 26.8 Å². The average molecular weight is 871 g/mol. The molecule has 0 unspecified atom stereocenters. The third-order valence-corrected chi connectivity index (χ3v) is 17.2. The van der Waals surface area contributed by atoms with E-state index in [1.54, 1.807) is 0 Å². The van der Waals surface area contributed by atoms with Crippen molar-refractivity contribution in [2.45, 2.75) is 174 Å². The van der Waals surface area contributed by atoms with Gasteiger partial charge in [-0.25, -0.2) is 9.59 Å². The standard InChI is InChI=1S/C42H62O16.2Na.2H/c1-37(2)21-8-11-42(7)31(20(43)16-18-19-17-39(4,36(53)54)13-12-38(19,3)14-15-41(18,42)6)40(21,5)10-9-22(37)55-35-30(26(47)25(46)29(57-35)33(51)52)58-34-27(48)23(44)24(45)28(56-34)32(49)50;;;;/h16,19,21-31,34-35,44-48H,8-15,17H2,1-7H3,(H,49,50)(H,51,52)(H,53,54);;;;/t19-,21-,22-,23-,24-,25-,26-,27+,28-,29-,30+,31+,34-,35-,38+,39-,40-,41+,42+;;;;/m0..../s1. The van der Waals surface area contributed by atoms with Gasteiger partial charge in [-0.05, 0) is 110 Å². The molecule has 0 aromatic heterocycles. The van der Waals surface area contributed by atoms with Gasteiger partial charge in [0, 0.05) is 5.92 Å². The van der Waals surface area contributed by atoms with Crippen molar-refractivity contribution < 1.29 is 79.0 Å². The number of aliphatic hydroxyl groups excluding tert-OH is 5. The van der Waals surface area contributed by atoms with Gasteiger partial charge in [0.2, 0.25) is 0 Å². The van der Waals surface area contributed by atoms with Gasteiger partial charge >= 0.3 is 77.0 Å². The fourth-order valence-corrected chi connectivity index (χ4v) is 13.4. The number of aliphatic hydroxyl groups is 5. The maximum absolute atomic E-state index is 14.8. The minimum absolute atomic E-state index is 0. The van der Waals surface area contributed by atoms with Crippen LogP contribution in [0.3, 0.4) is 0 Å². The molecule has 8 N–H and O–H groups in total. The summed E-state index contributed by atoms with van der Waals surface area (Å²) in [5.74, 6) is -4.47. The molecule has 60 heavy (non-hydrogen) atoms. The molecule has 0 radical (unpaired) electrons. The number of hydrogen-bond donors (Lipinski definition) is 8. The van der Waals surface area contributed by atoms with Gasteiger partial charge in [-0.1, -0.05) is 47.1 Å².